The maximum absolute atomic E-state index is 11.3. The summed E-state index contributed by atoms with van der Waals surface area (Å²) in [6.07, 6.45) is 6.04. The van der Waals surface area contributed by atoms with E-state index in [2.05, 4.69) is 14.6 Å². The third kappa shape index (κ3) is 3.68. The van der Waals surface area contributed by atoms with Crippen molar-refractivity contribution in [2.24, 2.45) is 18.9 Å². The van der Waals surface area contributed by atoms with E-state index in [0.717, 1.165) is 38.5 Å². The number of likely N-dealkylation sites (tertiary alicyclic amines) is 1. The lowest BCUT2D eigenvalue weighted by molar-refractivity contribution is 0.0767. The number of piperidine rings is 1. The molecular weight excluding hydrogens is 304 g/mol. The van der Waals surface area contributed by atoms with Crippen LogP contribution in [0, 0.1) is 11.8 Å². The molecule has 22 heavy (non-hydrogen) atoms. The monoisotopic (exact) mass is 328 g/mol. The van der Waals surface area contributed by atoms with Crippen molar-refractivity contribution in [3.63, 3.8) is 0 Å². The molecular formula is C14H24N4O3S. The summed E-state index contributed by atoms with van der Waals surface area (Å²) < 4.78 is 33.0. The minimum Gasteiger partial charge on any atom is -0.376 e. The van der Waals surface area contributed by atoms with Crippen molar-refractivity contribution < 1.29 is 13.2 Å². The lowest BCUT2D eigenvalue weighted by Gasteiger charge is -2.35. The van der Waals surface area contributed by atoms with Crippen LogP contribution in [0.4, 0.5) is 0 Å². The Kier molecular flexibility index (Phi) is 4.54. The number of ether oxygens (including phenoxy) is 1. The number of sulfonamides is 1. The van der Waals surface area contributed by atoms with E-state index in [9.17, 15) is 8.42 Å². The standard InChI is InChI=1S/C14H24N4O3S/c1-17-6-4-15-14(17)9-18-5-3-11-10-21-13(12(11)8-18)7-16-22(2,19)20/h4,6,11-13,16H,3,5,7-10H2,1-2H3/t11-,12-,13+/m0/s1. The van der Waals surface area contributed by atoms with Crippen molar-refractivity contribution in [3.05, 3.63) is 18.2 Å². The molecule has 124 valence electrons. The normalized spacial score (nSPS) is 29.6. The van der Waals surface area contributed by atoms with E-state index < -0.39 is 10.0 Å². The Balaban J connectivity index is 1.60. The van der Waals surface area contributed by atoms with Crippen molar-refractivity contribution in [2.45, 2.75) is 19.1 Å². The van der Waals surface area contributed by atoms with Gasteiger partial charge in [-0.05, 0) is 18.9 Å². The van der Waals surface area contributed by atoms with Crippen molar-refractivity contribution in [1.29, 1.82) is 0 Å². The van der Waals surface area contributed by atoms with Crippen LogP contribution in [0.25, 0.3) is 0 Å². The highest BCUT2D eigenvalue weighted by atomic mass is 32.2. The first-order valence-electron chi connectivity index (χ1n) is 7.67. The van der Waals surface area contributed by atoms with Crippen LogP contribution < -0.4 is 4.72 Å². The van der Waals surface area contributed by atoms with Crippen LogP contribution in [0.5, 0.6) is 0 Å². The van der Waals surface area contributed by atoms with E-state index >= 15 is 0 Å². The number of rotatable bonds is 5. The second-order valence-electron chi connectivity index (χ2n) is 6.39. The molecule has 2 aliphatic rings. The zero-order valence-electron chi connectivity index (χ0n) is 13.1. The van der Waals surface area contributed by atoms with Gasteiger partial charge in [0.15, 0.2) is 0 Å². The van der Waals surface area contributed by atoms with Gasteiger partial charge in [0.25, 0.3) is 0 Å². The number of imidazole rings is 1. The smallest absolute Gasteiger partial charge is 0.208 e. The van der Waals surface area contributed by atoms with E-state index in [0.29, 0.717) is 18.4 Å². The minimum absolute atomic E-state index is 0.0242. The fraction of sp³-hybridized carbons (Fsp3) is 0.786. The Morgan fingerprint density at radius 2 is 2.32 bits per heavy atom. The molecule has 1 aromatic rings. The number of hydrogen-bond donors (Lipinski definition) is 1. The van der Waals surface area contributed by atoms with Crippen molar-refractivity contribution in [1.82, 2.24) is 19.2 Å². The van der Waals surface area contributed by atoms with Gasteiger partial charge >= 0.3 is 0 Å². The van der Waals surface area contributed by atoms with E-state index in [-0.39, 0.29) is 6.10 Å². The molecule has 8 heteroatoms. The Bertz CT molecular complexity index is 615. The topological polar surface area (TPSA) is 76.5 Å². The van der Waals surface area contributed by atoms with Gasteiger partial charge in [0, 0.05) is 38.4 Å². The first-order chi connectivity index (χ1) is 10.4. The van der Waals surface area contributed by atoms with E-state index in [1.54, 1.807) is 0 Å². The highest BCUT2D eigenvalue weighted by molar-refractivity contribution is 7.88. The highest BCUT2D eigenvalue weighted by Crippen LogP contribution is 2.34. The summed E-state index contributed by atoms with van der Waals surface area (Å²) in [4.78, 5) is 6.78. The van der Waals surface area contributed by atoms with Crippen LogP contribution in [-0.2, 0) is 28.4 Å². The summed E-state index contributed by atoms with van der Waals surface area (Å²) in [7, 11) is -1.16. The number of hydrogen-bond acceptors (Lipinski definition) is 5. The molecule has 1 aromatic heterocycles. The van der Waals surface area contributed by atoms with Gasteiger partial charge in [-0.1, -0.05) is 0 Å². The summed E-state index contributed by atoms with van der Waals surface area (Å²) in [6.45, 7) is 3.93. The predicted octanol–water partition coefficient (Wildman–Crippen LogP) is -0.194. The number of nitrogens with zero attached hydrogens (tertiary/aromatic N) is 3. The fourth-order valence-corrected chi connectivity index (χ4v) is 3.90. The third-order valence-corrected chi connectivity index (χ3v) is 5.42. The minimum atomic E-state index is -3.17. The van der Waals surface area contributed by atoms with Crippen LogP contribution in [0.2, 0.25) is 0 Å². The molecule has 2 saturated heterocycles. The SMILES string of the molecule is Cn1ccnc1CN1CC[C@H]2CO[C@H](CNS(C)(=O)=O)[C@H]2C1. The first kappa shape index (κ1) is 15.9. The van der Waals surface area contributed by atoms with Gasteiger partial charge in [-0.15, -0.1) is 0 Å². The van der Waals surface area contributed by atoms with Crippen LogP contribution in [0.1, 0.15) is 12.2 Å². The van der Waals surface area contributed by atoms with Crippen molar-refractivity contribution in [3.8, 4) is 0 Å². The average molecular weight is 328 g/mol. The van der Waals surface area contributed by atoms with E-state index in [4.69, 9.17) is 4.74 Å². The largest absolute Gasteiger partial charge is 0.376 e. The fourth-order valence-electron chi connectivity index (χ4n) is 3.44. The van der Waals surface area contributed by atoms with E-state index in [1.165, 1.54) is 6.26 Å². The molecule has 3 rings (SSSR count). The Morgan fingerprint density at radius 1 is 1.50 bits per heavy atom. The second-order valence-corrected chi connectivity index (χ2v) is 8.23. The molecule has 3 heterocycles. The maximum atomic E-state index is 11.3. The molecule has 1 N–H and O–H groups in total. The first-order valence-corrected chi connectivity index (χ1v) is 9.56. The lowest BCUT2D eigenvalue weighted by Crippen LogP contribution is -2.45. The van der Waals surface area contributed by atoms with Gasteiger partial charge in [-0.25, -0.2) is 18.1 Å². The summed E-state index contributed by atoms with van der Waals surface area (Å²) in [5.74, 6) is 2.00. The molecule has 0 radical (unpaired) electrons. The van der Waals surface area contributed by atoms with Gasteiger partial charge in [0.1, 0.15) is 5.82 Å². The van der Waals surface area contributed by atoms with Crippen LogP contribution >= 0.6 is 0 Å². The summed E-state index contributed by atoms with van der Waals surface area (Å²) in [6, 6.07) is 0. The Hall–Kier alpha value is -0.960. The predicted molar refractivity (Wildman–Crippen MR) is 82.7 cm³/mol. The van der Waals surface area contributed by atoms with Crippen LogP contribution in [-0.4, -0.2) is 61.5 Å². The molecule has 0 aromatic carbocycles. The Morgan fingerprint density at radius 3 is 3.00 bits per heavy atom. The van der Waals surface area contributed by atoms with Gasteiger partial charge in [0.05, 0.1) is 25.5 Å². The molecule has 0 spiro atoms. The highest BCUT2D eigenvalue weighted by Gasteiger charge is 2.41. The average Bonchev–Trinajstić information content (AvgIpc) is 3.03. The zero-order valence-corrected chi connectivity index (χ0v) is 13.9. The quantitative estimate of drug-likeness (QED) is 0.810. The molecule has 7 nitrogen and oxygen atoms in total. The molecule has 2 fully saturated rings. The van der Waals surface area contributed by atoms with Crippen molar-refractivity contribution >= 4 is 10.0 Å². The van der Waals surface area contributed by atoms with Crippen LogP contribution in [0.3, 0.4) is 0 Å². The van der Waals surface area contributed by atoms with Crippen LogP contribution in [0.15, 0.2) is 12.4 Å². The number of aromatic nitrogens is 2. The van der Waals surface area contributed by atoms with Gasteiger partial charge in [0.2, 0.25) is 10.0 Å². The maximum Gasteiger partial charge on any atom is 0.208 e. The van der Waals surface area contributed by atoms with E-state index in [1.807, 2.05) is 24.0 Å². The summed E-state index contributed by atoms with van der Waals surface area (Å²) in [5, 5.41) is 0. The molecule has 3 atom stereocenters. The molecule has 2 aliphatic heterocycles. The number of aryl methyl sites for hydroxylation is 1. The molecule has 0 saturated carbocycles. The molecule has 0 aliphatic carbocycles. The summed E-state index contributed by atoms with van der Waals surface area (Å²) >= 11 is 0. The second kappa shape index (κ2) is 6.27. The third-order valence-electron chi connectivity index (χ3n) is 4.73. The number of nitrogens with one attached hydrogen (secondary N) is 1. The molecule has 0 amide bonds. The Labute approximate surface area is 131 Å². The zero-order chi connectivity index (χ0) is 15.7. The van der Waals surface area contributed by atoms with Crippen molar-refractivity contribution in [2.75, 3.05) is 32.5 Å². The van der Waals surface area contributed by atoms with Gasteiger partial charge < -0.3 is 9.30 Å². The molecule has 0 unspecified atom stereocenters. The van der Waals surface area contributed by atoms with Gasteiger partial charge in [-0.3, -0.25) is 4.90 Å². The lowest BCUT2D eigenvalue weighted by atomic mass is 9.84. The molecule has 0 bridgehead atoms. The van der Waals surface area contributed by atoms with Gasteiger partial charge in [-0.2, -0.15) is 0 Å². The summed E-state index contributed by atoms with van der Waals surface area (Å²) in [5.41, 5.74) is 0. The number of fused-ring (bicyclic) bond motifs is 1.